The van der Waals surface area contributed by atoms with Crippen molar-refractivity contribution in [3.05, 3.63) is 59.8 Å². The van der Waals surface area contributed by atoms with Crippen LogP contribution in [-0.2, 0) is 5.88 Å². The Morgan fingerprint density at radius 3 is 2.82 bits per heavy atom. The highest BCUT2D eigenvalue weighted by Gasteiger charge is 2.06. The summed E-state index contributed by atoms with van der Waals surface area (Å²) in [5, 5.41) is 2.72. The van der Waals surface area contributed by atoms with E-state index in [4.69, 9.17) is 11.6 Å². The van der Waals surface area contributed by atoms with Crippen LogP contribution in [0.4, 0.5) is 5.82 Å². The normalized spacial score (nSPS) is 9.94. The molecule has 0 saturated carbocycles. The molecule has 0 saturated heterocycles. The zero-order valence-electron chi connectivity index (χ0n) is 9.06. The van der Waals surface area contributed by atoms with Gasteiger partial charge in [0.15, 0.2) is 0 Å². The summed E-state index contributed by atoms with van der Waals surface area (Å²) in [5.74, 6) is 0.745. The molecule has 0 aliphatic rings. The van der Waals surface area contributed by atoms with Crippen LogP contribution in [0, 0.1) is 0 Å². The van der Waals surface area contributed by atoms with Crippen LogP contribution in [-0.4, -0.2) is 10.9 Å². The number of hydrogen-bond acceptors (Lipinski definition) is 2. The van der Waals surface area contributed by atoms with Gasteiger partial charge in [-0.2, -0.15) is 0 Å². The van der Waals surface area contributed by atoms with Gasteiger partial charge in [0.2, 0.25) is 0 Å². The van der Waals surface area contributed by atoms with Crippen LogP contribution in [0.15, 0.2) is 48.7 Å². The number of hydrogen-bond donors (Lipinski definition) is 1. The van der Waals surface area contributed by atoms with Crippen molar-refractivity contribution in [2.45, 2.75) is 5.88 Å². The first-order chi connectivity index (χ1) is 8.29. The minimum absolute atomic E-state index is 0.185. The van der Waals surface area contributed by atoms with Crippen LogP contribution in [0.3, 0.4) is 0 Å². The van der Waals surface area contributed by atoms with Crippen LogP contribution in [0.2, 0.25) is 0 Å². The summed E-state index contributed by atoms with van der Waals surface area (Å²) < 4.78 is 0. The summed E-state index contributed by atoms with van der Waals surface area (Å²) >= 11 is 5.72. The highest BCUT2D eigenvalue weighted by atomic mass is 35.5. The molecular weight excluding hydrogens is 236 g/mol. The second-order valence-electron chi connectivity index (χ2n) is 3.50. The Kier molecular flexibility index (Phi) is 3.73. The van der Waals surface area contributed by atoms with E-state index in [0.29, 0.717) is 17.3 Å². The van der Waals surface area contributed by atoms with E-state index in [0.717, 1.165) is 5.56 Å². The summed E-state index contributed by atoms with van der Waals surface area (Å²) in [4.78, 5) is 15.9. The Hall–Kier alpha value is -1.87. The molecule has 86 valence electrons. The zero-order valence-corrected chi connectivity index (χ0v) is 9.82. The quantitative estimate of drug-likeness (QED) is 0.846. The Morgan fingerprint density at radius 1 is 1.24 bits per heavy atom. The number of rotatable bonds is 3. The highest BCUT2D eigenvalue weighted by Crippen LogP contribution is 2.10. The summed E-state index contributed by atoms with van der Waals surface area (Å²) in [7, 11) is 0. The molecule has 0 radical (unpaired) electrons. The smallest absolute Gasteiger partial charge is 0.256 e. The molecule has 0 aliphatic carbocycles. The van der Waals surface area contributed by atoms with Gasteiger partial charge in [0.05, 0.1) is 0 Å². The van der Waals surface area contributed by atoms with Gasteiger partial charge in [-0.15, -0.1) is 11.6 Å². The molecule has 0 bridgehead atoms. The van der Waals surface area contributed by atoms with E-state index >= 15 is 0 Å². The molecule has 3 nitrogen and oxygen atoms in total. The highest BCUT2D eigenvalue weighted by molar-refractivity contribution is 6.17. The maximum absolute atomic E-state index is 11.9. The first kappa shape index (κ1) is 11.6. The molecule has 0 unspecified atom stereocenters. The van der Waals surface area contributed by atoms with E-state index < -0.39 is 0 Å². The Morgan fingerprint density at radius 2 is 2.12 bits per heavy atom. The second-order valence-corrected chi connectivity index (χ2v) is 3.77. The lowest BCUT2D eigenvalue weighted by molar-refractivity contribution is 0.102. The number of anilines is 1. The van der Waals surface area contributed by atoms with Gasteiger partial charge in [-0.25, -0.2) is 4.98 Å². The van der Waals surface area contributed by atoms with Crippen molar-refractivity contribution >= 4 is 23.3 Å². The Bertz CT molecular complexity index is 514. The molecule has 17 heavy (non-hydrogen) atoms. The molecule has 0 spiro atoms. The lowest BCUT2D eigenvalue weighted by atomic mass is 10.1. The predicted molar refractivity (Wildman–Crippen MR) is 68.2 cm³/mol. The third-order valence-corrected chi connectivity index (χ3v) is 2.56. The third-order valence-electron chi connectivity index (χ3n) is 2.25. The predicted octanol–water partition coefficient (Wildman–Crippen LogP) is 3.07. The van der Waals surface area contributed by atoms with Crippen molar-refractivity contribution in [3.8, 4) is 0 Å². The van der Waals surface area contributed by atoms with E-state index in [1.54, 1.807) is 30.5 Å². The first-order valence-corrected chi connectivity index (χ1v) is 5.70. The molecule has 1 aromatic heterocycles. The lowest BCUT2D eigenvalue weighted by Crippen LogP contribution is -2.12. The maximum atomic E-state index is 11.9. The van der Waals surface area contributed by atoms with Gasteiger partial charge in [0.1, 0.15) is 5.82 Å². The van der Waals surface area contributed by atoms with Gasteiger partial charge in [-0.1, -0.05) is 18.2 Å². The Balaban J connectivity index is 2.14. The minimum Gasteiger partial charge on any atom is -0.307 e. The molecular formula is C13H11ClN2O. The van der Waals surface area contributed by atoms with Gasteiger partial charge < -0.3 is 5.32 Å². The summed E-state index contributed by atoms with van der Waals surface area (Å²) in [6.07, 6.45) is 1.63. The van der Waals surface area contributed by atoms with Crippen LogP contribution >= 0.6 is 11.6 Å². The van der Waals surface area contributed by atoms with E-state index in [1.165, 1.54) is 0 Å². The molecule has 4 heteroatoms. The molecule has 1 N–H and O–H groups in total. The van der Waals surface area contributed by atoms with Crippen molar-refractivity contribution in [1.29, 1.82) is 0 Å². The second kappa shape index (κ2) is 5.46. The number of nitrogens with zero attached hydrogens (tertiary/aromatic N) is 1. The number of nitrogens with one attached hydrogen (secondary N) is 1. The number of carbonyl (C=O) groups is 1. The fraction of sp³-hybridized carbons (Fsp3) is 0.0769. The SMILES string of the molecule is O=C(Nc1ccccn1)c1cccc(CCl)c1. The van der Waals surface area contributed by atoms with Crippen LogP contribution in [0.5, 0.6) is 0 Å². The van der Waals surface area contributed by atoms with Crippen molar-refractivity contribution < 1.29 is 4.79 Å². The fourth-order valence-corrected chi connectivity index (χ4v) is 1.59. The lowest BCUT2D eigenvalue weighted by Gasteiger charge is -2.04. The van der Waals surface area contributed by atoms with E-state index in [2.05, 4.69) is 10.3 Å². The standard InChI is InChI=1S/C13H11ClN2O/c14-9-10-4-3-5-11(8-10)13(17)16-12-6-1-2-7-15-12/h1-8H,9H2,(H,15,16,17). The number of pyridine rings is 1. The number of halogens is 1. The van der Waals surface area contributed by atoms with Crippen molar-refractivity contribution in [3.63, 3.8) is 0 Å². The summed E-state index contributed by atoms with van der Waals surface area (Å²) in [6, 6.07) is 12.6. The van der Waals surface area contributed by atoms with Crippen LogP contribution < -0.4 is 5.32 Å². The van der Waals surface area contributed by atoms with E-state index in [1.807, 2.05) is 18.2 Å². The van der Waals surface area contributed by atoms with Crippen molar-refractivity contribution in [2.75, 3.05) is 5.32 Å². The van der Waals surface area contributed by atoms with Crippen molar-refractivity contribution in [1.82, 2.24) is 4.98 Å². The van der Waals surface area contributed by atoms with Gasteiger partial charge in [-0.05, 0) is 29.8 Å². The number of aromatic nitrogens is 1. The molecule has 1 heterocycles. The average molecular weight is 247 g/mol. The van der Waals surface area contributed by atoms with Crippen LogP contribution in [0.25, 0.3) is 0 Å². The number of alkyl halides is 1. The molecule has 1 amide bonds. The molecule has 2 aromatic rings. The van der Waals surface area contributed by atoms with Gasteiger partial charge in [-0.3, -0.25) is 4.79 Å². The fourth-order valence-electron chi connectivity index (χ4n) is 1.42. The Labute approximate surface area is 104 Å². The summed E-state index contributed by atoms with van der Waals surface area (Å²) in [5.41, 5.74) is 1.49. The monoisotopic (exact) mass is 246 g/mol. The van der Waals surface area contributed by atoms with E-state index in [9.17, 15) is 4.79 Å². The molecule has 0 atom stereocenters. The van der Waals surface area contributed by atoms with Gasteiger partial charge >= 0.3 is 0 Å². The van der Waals surface area contributed by atoms with Crippen LogP contribution in [0.1, 0.15) is 15.9 Å². The third kappa shape index (κ3) is 3.04. The van der Waals surface area contributed by atoms with Crippen molar-refractivity contribution in [2.24, 2.45) is 0 Å². The minimum atomic E-state index is -0.185. The zero-order chi connectivity index (χ0) is 12.1. The summed E-state index contributed by atoms with van der Waals surface area (Å²) in [6.45, 7) is 0. The average Bonchev–Trinajstić information content (AvgIpc) is 2.40. The molecule has 0 fully saturated rings. The first-order valence-electron chi connectivity index (χ1n) is 5.17. The van der Waals surface area contributed by atoms with Gasteiger partial charge in [0.25, 0.3) is 5.91 Å². The molecule has 1 aromatic carbocycles. The van der Waals surface area contributed by atoms with E-state index in [-0.39, 0.29) is 5.91 Å². The maximum Gasteiger partial charge on any atom is 0.256 e. The number of benzene rings is 1. The number of amides is 1. The topological polar surface area (TPSA) is 42.0 Å². The number of carbonyl (C=O) groups excluding carboxylic acids is 1. The van der Waals surface area contributed by atoms with Gasteiger partial charge in [0, 0.05) is 17.6 Å². The molecule has 0 aliphatic heterocycles. The largest absolute Gasteiger partial charge is 0.307 e. The molecule has 2 rings (SSSR count).